The van der Waals surface area contributed by atoms with E-state index in [-0.39, 0.29) is 17.4 Å². The lowest BCUT2D eigenvalue weighted by Gasteiger charge is -2.66. The molecule has 0 radical (unpaired) electrons. The van der Waals surface area contributed by atoms with Gasteiger partial charge in [0.1, 0.15) is 0 Å². The molecule has 3 aliphatic carbocycles. The molecule has 4 aliphatic rings. The third-order valence-corrected chi connectivity index (χ3v) is 6.31. The molecule has 1 aromatic carbocycles. The average Bonchev–Trinajstić information content (AvgIpc) is 2.70. The van der Waals surface area contributed by atoms with E-state index in [1.165, 1.54) is 5.56 Å². The molecule has 1 aromatic rings. The molecule has 3 saturated carbocycles. The van der Waals surface area contributed by atoms with Crippen LogP contribution in [0.3, 0.4) is 0 Å². The van der Waals surface area contributed by atoms with E-state index in [2.05, 4.69) is 34.5 Å². The van der Waals surface area contributed by atoms with Crippen LogP contribution in [0, 0.1) is 10.8 Å². The minimum Gasteiger partial charge on any atom is -0.481 e. The van der Waals surface area contributed by atoms with Gasteiger partial charge >= 0.3 is 5.97 Å². The van der Waals surface area contributed by atoms with Crippen molar-refractivity contribution in [1.82, 2.24) is 10.2 Å². The van der Waals surface area contributed by atoms with Gasteiger partial charge in [-0.3, -0.25) is 14.5 Å². The second-order valence-electron chi connectivity index (χ2n) is 8.28. The van der Waals surface area contributed by atoms with Crippen LogP contribution in [-0.2, 0) is 16.1 Å². The Morgan fingerprint density at radius 1 is 1.12 bits per heavy atom. The van der Waals surface area contributed by atoms with E-state index in [0.717, 1.165) is 38.9 Å². The summed E-state index contributed by atoms with van der Waals surface area (Å²) >= 11 is 0. The number of hydrogen-bond acceptors (Lipinski definition) is 3. The normalized spacial score (nSPS) is 34.3. The fraction of sp³-hybridized carbons (Fsp3) is 0.600. The molecule has 5 heteroatoms. The van der Waals surface area contributed by atoms with E-state index in [9.17, 15) is 14.7 Å². The van der Waals surface area contributed by atoms with Crippen LogP contribution in [0.2, 0.25) is 0 Å². The van der Waals surface area contributed by atoms with E-state index in [4.69, 9.17) is 0 Å². The standard InChI is InChI=1S/C20H26N2O3/c23-17(19-12-20(13-19,14-19)18(24)25)21-16-8-4-5-9-22(11-16)10-15-6-2-1-3-7-15/h1-3,6-7,16H,4-5,8-14H2,(H,21,23)(H,24,25). The highest BCUT2D eigenvalue weighted by atomic mass is 16.4. The number of amides is 1. The SMILES string of the molecule is O=C(O)C12CC(C(=O)NC3CCCCN(Cc4ccccc4)C3)(C1)C2. The third kappa shape index (κ3) is 2.95. The topological polar surface area (TPSA) is 69.6 Å². The van der Waals surface area contributed by atoms with Gasteiger partial charge in [-0.05, 0) is 44.2 Å². The summed E-state index contributed by atoms with van der Waals surface area (Å²) < 4.78 is 0. The number of likely N-dealkylation sites (tertiary alicyclic amines) is 1. The first-order valence-electron chi connectivity index (χ1n) is 9.32. The Hall–Kier alpha value is -1.88. The largest absolute Gasteiger partial charge is 0.481 e. The van der Waals surface area contributed by atoms with Crippen molar-refractivity contribution in [3.8, 4) is 0 Å². The summed E-state index contributed by atoms with van der Waals surface area (Å²) in [5, 5.41) is 12.5. The van der Waals surface area contributed by atoms with Crippen LogP contribution in [0.4, 0.5) is 0 Å². The zero-order valence-corrected chi connectivity index (χ0v) is 14.5. The summed E-state index contributed by atoms with van der Waals surface area (Å²) in [7, 11) is 0. The van der Waals surface area contributed by atoms with E-state index in [1.54, 1.807) is 0 Å². The second kappa shape index (κ2) is 6.13. The van der Waals surface area contributed by atoms with Crippen molar-refractivity contribution in [3.63, 3.8) is 0 Å². The van der Waals surface area contributed by atoms with Gasteiger partial charge in [-0.1, -0.05) is 36.8 Å². The number of carboxylic acids is 1. The number of carbonyl (C=O) groups excluding carboxylic acids is 1. The zero-order valence-electron chi connectivity index (χ0n) is 14.5. The van der Waals surface area contributed by atoms with Crippen LogP contribution in [-0.4, -0.2) is 41.0 Å². The molecule has 5 nitrogen and oxygen atoms in total. The lowest BCUT2D eigenvalue weighted by Crippen LogP contribution is -2.71. The molecule has 25 heavy (non-hydrogen) atoms. The quantitative estimate of drug-likeness (QED) is 0.862. The summed E-state index contributed by atoms with van der Waals surface area (Å²) in [5.41, 5.74) is 0.340. The molecule has 2 bridgehead atoms. The highest BCUT2D eigenvalue weighted by molar-refractivity contribution is 5.93. The first kappa shape index (κ1) is 16.6. The predicted molar refractivity (Wildman–Crippen MR) is 93.9 cm³/mol. The van der Waals surface area contributed by atoms with Crippen molar-refractivity contribution >= 4 is 11.9 Å². The third-order valence-electron chi connectivity index (χ3n) is 6.31. The van der Waals surface area contributed by atoms with Gasteiger partial charge in [0, 0.05) is 19.1 Å². The van der Waals surface area contributed by atoms with Crippen LogP contribution in [0.5, 0.6) is 0 Å². The minimum absolute atomic E-state index is 0.0854. The molecule has 1 amide bonds. The molecule has 1 unspecified atom stereocenters. The Balaban J connectivity index is 1.33. The Labute approximate surface area is 148 Å². The molecule has 1 aliphatic heterocycles. The van der Waals surface area contributed by atoms with Gasteiger partial charge in [-0.15, -0.1) is 0 Å². The lowest BCUT2D eigenvalue weighted by molar-refractivity contribution is -0.220. The minimum atomic E-state index is -0.731. The van der Waals surface area contributed by atoms with Gasteiger partial charge in [-0.2, -0.15) is 0 Å². The number of hydrogen-bond donors (Lipinski definition) is 2. The Bertz CT molecular complexity index is 653. The molecule has 134 valence electrons. The maximum Gasteiger partial charge on any atom is 0.309 e. The van der Waals surface area contributed by atoms with E-state index < -0.39 is 11.4 Å². The van der Waals surface area contributed by atoms with Gasteiger partial charge in [0.25, 0.3) is 0 Å². The van der Waals surface area contributed by atoms with Crippen LogP contribution in [0.1, 0.15) is 44.1 Å². The maximum absolute atomic E-state index is 12.7. The first-order chi connectivity index (χ1) is 12.0. The second-order valence-corrected chi connectivity index (χ2v) is 8.28. The molecule has 0 spiro atoms. The molecule has 1 heterocycles. The maximum atomic E-state index is 12.7. The average molecular weight is 342 g/mol. The highest BCUT2D eigenvalue weighted by Gasteiger charge is 2.75. The van der Waals surface area contributed by atoms with Crippen molar-refractivity contribution in [2.45, 2.75) is 51.1 Å². The number of carbonyl (C=O) groups is 2. The molecule has 1 saturated heterocycles. The van der Waals surface area contributed by atoms with E-state index in [0.29, 0.717) is 19.3 Å². The zero-order chi connectivity index (χ0) is 17.5. The number of rotatable bonds is 5. The molecule has 5 rings (SSSR count). The van der Waals surface area contributed by atoms with Gasteiger partial charge in [0.15, 0.2) is 0 Å². The van der Waals surface area contributed by atoms with Crippen LogP contribution in [0.15, 0.2) is 30.3 Å². The van der Waals surface area contributed by atoms with Crippen LogP contribution >= 0.6 is 0 Å². The lowest BCUT2D eigenvalue weighted by atomic mass is 9.35. The first-order valence-corrected chi connectivity index (χ1v) is 9.32. The molecule has 0 aromatic heterocycles. The predicted octanol–water partition coefficient (Wildman–Crippen LogP) is 2.41. The summed E-state index contributed by atoms with van der Waals surface area (Å²) in [4.78, 5) is 26.3. The van der Waals surface area contributed by atoms with Gasteiger partial charge < -0.3 is 10.4 Å². The summed E-state index contributed by atoms with van der Waals surface area (Å²) in [6.07, 6.45) is 4.89. The van der Waals surface area contributed by atoms with Crippen LogP contribution in [0.25, 0.3) is 0 Å². The Kier molecular flexibility index (Phi) is 4.07. The highest BCUT2D eigenvalue weighted by Crippen LogP contribution is 2.73. The fourth-order valence-electron chi connectivity index (χ4n) is 4.92. The van der Waals surface area contributed by atoms with Crippen molar-refractivity contribution in [2.75, 3.05) is 13.1 Å². The van der Waals surface area contributed by atoms with E-state index in [1.807, 2.05) is 6.07 Å². The number of benzene rings is 1. The van der Waals surface area contributed by atoms with Crippen molar-refractivity contribution < 1.29 is 14.7 Å². The smallest absolute Gasteiger partial charge is 0.309 e. The van der Waals surface area contributed by atoms with Gasteiger partial charge in [0.05, 0.1) is 10.8 Å². The number of aliphatic carboxylic acids is 1. The number of nitrogens with one attached hydrogen (secondary N) is 1. The molecular formula is C20H26N2O3. The molecule has 2 N–H and O–H groups in total. The fourth-order valence-corrected chi connectivity index (χ4v) is 4.92. The van der Waals surface area contributed by atoms with E-state index >= 15 is 0 Å². The number of nitrogens with zero attached hydrogens (tertiary/aromatic N) is 1. The van der Waals surface area contributed by atoms with Crippen molar-refractivity contribution in [3.05, 3.63) is 35.9 Å². The van der Waals surface area contributed by atoms with Crippen LogP contribution < -0.4 is 5.32 Å². The van der Waals surface area contributed by atoms with Gasteiger partial charge in [0.2, 0.25) is 5.91 Å². The Morgan fingerprint density at radius 3 is 2.52 bits per heavy atom. The monoisotopic (exact) mass is 342 g/mol. The molecule has 1 atom stereocenters. The molecule has 4 fully saturated rings. The van der Waals surface area contributed by atoms with Crippen molar-refractivity contribution in [2.24, 2.45) is 10.8 Å². The summed E-state index contributed by atoms with van der Waals surface area (Å²) in [6.45, 7) is 2.86. The van der Waals surface area contributed by atoms with Crippen molar-refractivity contribution in [1.29, 1.82) is 0 Å². The number of carboxylic acid groups (broad SMARTS) is 1. The summed E-state index contributed by atoms with van der Waals surface area (Å²) in [6, 6.07) is 10.6. The summed E-state index contributed by atoms with van der Waals surface area (Å²) in [5.74, 6) is -0.645. The van der Waals surface area contributed by atoms with Gasteiger partial charge in [-0.25, -0.2) is 0 Å². The Morgan fingerprint density at radius 2 is 1.84 bits per heavy atom. The molecular weight excluding hydrogens is 316 g/mol.